The fourth-order valence-electron chi connectivity index (χ4n) is 5.08. The molecule has 0 amide bonds. The number of nitrogens with zero attached hydrogens (tertiary/aromatic N) is 3. The van der Waals surface area contributed by atoms with Gasteiger partial charge in [0, 0.05) is 57.7 Å². The van der Waals surface area contributed by atoms with Gasteiger partial charge >= 0.3 is 0 Å². The van der Waals surface area contributed by atoms with Crippen molar-refractivity contribution in [1.82, 2.24) is 4.90 Å². The Balaban J connectivity index is 1.36. The molecule has 0 aliphatic carbocycles. The number of allylic oxidation sites excluding steroid dienone is 1. The number of anilines is 2. The maximum Gasteiger partial charge on any atom is 0.0371 e. The molecule has 3 nitrogen and oxygen atoms in total. The number of likely N-dealkylation sites (tertiary alicyclic amines) is 1. The lowest BCUT2D eigenvalue weighted by atomic mass is 10.00. The van der Waals surface area contributed by atoms with Crippen molar-refractivity contribution in [2.75, 3.05) is 43.5 Å². The van der Waals surface area contributed by atoms with Gasteiger partial charge in [-0.05, 0) is 80.5 Å². The molecule has 1 fully saturated rings. The monoisotopic (exact) mass is 481 g/mol. The predicted molar refractivity (Wildman–Crippen MR) is 156 cm³/mol. The Hall–Kier alpha value is -3.04. The van der Waals surface area contributed by atoms with Crippen LogP contribution in [0.25, 0.3) is 0 Å². The molecule has 0 N–H and O–H groups in total. The van der Waals surface area contributed by atoms with Crippen LogP contribution in [0.1, 0.15) is 43.4 Å². The molecule has 190 valence electrons. The van der Waals surface area contributed by atoms with E-state index in [0.29, 0.717) is 6.04 Å². The Bertz CT molecular complexity index is 1070. The summed E-state index contributed by atoms with van der Waals surface area (Å²) in [6.45, 7) is 8.75. The summed E-state index contributed by atoms with van der Waals surface area (Å²) in [6, 6.07) is 29.8. The third-order valence-electron chi connectivity index (χ3n) is 7.37. The first-order valence-electron chi connectivity index (χ1n) is 13.5. The fraction of sp³-hybridized carbons (Fsp3) is 0.394. The highest BCUT2D eigenvalue weighted by Crippen LogP contribution is 2.26. The molecule has 1 aliphatic rings. The minimum atomic E-state index is 0.586. The number of aryl methyl sites for hydroxylation is 2. The zero-order chi connectivity index (χ0) is 25.3. The van der Waals surface area contributed by atoms with Gasteiger partial charge in [-0.3, -0.25) is 4.90 Å². The molecular formula is C33H43N3. The number of hydrogen-bond acceptors (Lipinski definition) is 3. The lowest BCUT2D eigenvalue weighted by molar-refractivity contribution is 0.202. The van der Waals surface area contributed by atoms with Crippen molar-refractivity contribution in [3.63, 3.8) is 0 Å². The van der Waals surface area contributed by atoms with E-state index in [-0.39, 0.29) is 0 Å². The largest absolute Gasteiger partial charge is 0.378 e. The van der Waals surface area contributed by atoms with Crippen molar-refractivity contribution >= 4 is 11.4 Å². The van der Waals surface area contributed by atoms with Gasteiger partial charge in [0.2, 0.25) is 0 Å². The van der Waals surface area contributed by atoms with Crippen molar-refractivity contribution in [3.05, 3.63) is 107 Å². The average molecular weight is 482 g/mol. The second-order valence-corrected chi connectivity index (χ2v) is 10.7. The standard InChI is InChI=1S/C33H43N3/c1-27(2)20-25-36(32-18-12-29(13-19-32)11-10-28-8-6-5-7-9-28)33-21-23-35(24-22-33)26-30-14-16-31(17-15-30)34(3)4/h5-9,12-20,33H,10-11,21-26H2,1-4H3. The van der Waals surface area contributed by atoms with Crippen molar-refractivity contribution in [2.24, 2.45) is 0 Å². The van der Waals surface area contributed by atoms with Crippen molar-refractivity contribution in [2.45, 2.75) is 52.1 Å². The summed E-state index contributed by atoms with van der Waals surface area (Å²) in [5.74, 6) is 0. The topological polar surface area (TPSA) is 9.72 Å². The van der Waals surface area contributed by atoms with Crippen LogP contribution in [0, 0.1) is 0 Å². The van der Waals surface area contributed by atoms with Crippen LogP contribution in [0.4, 0.5) is 11.4 Å². The van der Waals surface area contributed by atoms with E-state index in [1.165, 1.54) is 46.5 Å². The van der Waals surface area contributed by atoms with Crippen molar-refractivity contribution in [3.8, 4) is 0 Å². The van der Waals surface area contributed by atoms with Crippen molar-refractivity contribution in [1.29, 1.82) is 0 Å². The number of piperidine rings is 1. The van der Waals surface area contributed by atoms with E-state index in [1.54, 1.807) is 0 Å². The van der Waals surface area contributed by atoms with Gasteiger partial charge in [-0.1, -0.05) is 66.2 Å². The van der Waals surface area contributed by atoms with E-state index in [2.05, 4.69) is 128 Å². The lowest BCUT2D eigenvalue weighted by Gasteiger charge is -2.39. The van der Waals surface area contributed by atoms with E-state index in [9.17, 15) is 0 Å². The van der Waals surface area contributed by atoms with Crippen LogP contribution < -0.4 is 9.80 Å². The fourth-order valence-corrected chi connectivity index (χ4v) is 5.08. The van der Waals surface area contributed by atoms with Gasteiger partial charge in [-0.25, -0.2) is 0 Å². The molecule has 0 radical (unpaired) electrons. The first-order valence-corrected chi connectivity index (χ1v) is 13.5. The van der Waals surface area contributed by atoms with E-state index in [1.807, 2.05) is 0 Å². The van der Waals surface area contributed by atoms with Gasteiger partial charge in [-0.2, -0.15) is 0 Å². The van der Waals surface area contributed by atoms with E-state index in [0.717, 1.165) is 39.0 Å². The number of benzene rings is 3. The Morgan fingerprint density at radius 3 is 1.89 bits per heavy atom. The summed E-state index contributed by atoms with van der Waals surface area (Å²) in [7, 11) is 4.19. The molecule has 4 rings (SSSR count). The number of hydrogen-bond donors (Lipinski definition) is 0. The van der Waals surface area contributed by atoms with E-state index in [4.69, 9.17) is 0 Å². The Morgan fingerprint density at radius 1 is 0.750 bits per heavy atom. The van der Waals surface area contributed by atoms with Gasteiger partial charge in [0.1, 0.15) is 0 Å². The SMILES string of the molecule is CC(C)=CCN(c1ccc(CCc2ccccc2)cc1)C1CCN(Cc2ccc(N(C)C)cc2)CC1. The van der Waals surface area contributed by atoms with Gasteiger partial charge in [0.25, 0.3) is 0 Å². The van der Waals surface area contributed by atoms with Crippen molar-refractivity contribution < 1.29 is 0 Å². The molecular weight excluding hydrogens is 438 g/mol. The second kappa shape index (κ2) is 12.8. The zero-order valence-corrected chi connectivity index (χ0v) is 22.7. The van der Waals surface area contributed by atoms with Crippen LogP contribution in [-0.4, -0.2) is 44.7 Å². The molecule has 3 aromatic carbocycles. The third-order valence-corrected chi connectivity index (χ3v) is 7.37. The van der Waals surface area contributed by atoms with Gasteiger partial charge < -0.3 is 9.80 Å². The van der Waals surface area contributed by atoms with E-state index < -0.39 is 0 Å². The molecule has 3 aromatic rings. The molecule has 36 heavy (non-hydrogen) atoms. The highest BCUT2D eigenvalue weighted by molar-refractivity contribution is 5.50. The third kappa shape index (κ3) is 7.48. The summed E-state index contributed by atoms with van der Waals surface area (Å²) >= 11 is 0. The van der Waals surface area contributed by atoms with Crippen LogP contribution >= 0.6 is 0 Å². The minimum absolute atomic E-state index is 0.586. The average Bonchev–Trinajstić information content (AvgIpc) is 2.90. The lowest BCUT2D eigenvalue weighted by Crippen LogP contribution is -2.45. The van der Waals surface area contributed by atoms with Gasteiger partial charge in [0.05, 0.1) is 0 Å². The Morgan fingerprint density at radius 2 is 1.31 bits per heavy atom. The molecule has 0 bridgehead atoms. The maximum absolute atomic E-state index is 2.64. The minimum Gasteiger partial charge on any atom is -0.378 e. The molecule has 1 heterocycles. The maximum atomic E-state index is 2.64. The summed E-state index contributed by atoms with van der Waals surface area (Å²) in [5.41, 5.74) is 8.24. The highest BCUT2D eigenvalue weighted by Gasteiger charge is 2.24. The first-order chi connectivity index (χ1) is 17.5. The molecule has 1 aliphatic heterocycles. The predicted octanol–water partition coefficient (Wildman–Crippen LogP) is 6.98. The smallest absolute Gasteiger partial charge is 0.0371 e. The van der Waals surface area contributed by atoms with Crippen LogP contribution in [0.3, 0.4) is 0 Å². The Kier molecular flexibility index (Phi) is 9.24. The molecule has 0 atom stereocenters. The molecule has 0 unspecified atom stereocenters. The molecule has 0 aromatic heterocycles. The summed E-state index contributed by atoms with van der Waals surface area (Å²) in [5, 5.41) is 0. The van der Waals surface area contributed by atoms with Crippen LogP contribution in [0.2, 0.25) is 0 Å². The number of rotatable bonds is 10. The normalized spacial score (nSPS) is 14.4. The van der Waals surface area contributed by atoms with Crippen LogP contribution in [0.5, 0.6) is 0 Å². The second-order valence-electron chi connectivity index (χ2n) is 10.7. The first kappa shape index (κ1) is 26.0. The summed E-state index contributed by atoms with van der Waals surface area (Å²) in [4.78, 5) is 7.41. The van der Waals surface area contributed by atoms with Gasteiger partial charge in [-0.15, -0.1) is 0 Å². The zero-order valence-electron chi connectivity index (χ0n) is 22.7. The van der Waals surface area contributed by atoms with E-state index >= 15 is 0 Å². The van der Waals surface area contributed by atoms with Crippen LogP contribution in [0.15, 0.2) is 90.5 Å². The molecule has 0 saturated carbocycles. The van der Waals surface area contributed by atoms with Gasteiger partial charge in [0.15, 0.2) is 0 Å². The highest BCUT2D eigenvalue weighted by atomic mass is 15.2. The molecule has 0 spiro atoms. The quantitative estimate of drug-likeness (QED) is 0.289. The summed E-state index contributed by atoms with van der Waals surface area (Å²) in [6.07, 6.45) is 6.98. The molecule has 3 heteroatoms. The Labute approximate surface area is 219 Å². The van der Waals surface area contributed by atoms with Crippen LogP contribution in [-0.2, 0) is 19.4 Å². The molecule has 1 saturated heterocycles. The summed E-state index contributed by atoms with van der Waals surface area (Å²) < 4.78 is 0.